The number of carbonyl (C=O) groups is 1. The molecule has 1 aliphatic heterocycles. The number of aliphatic hydroxyl groups is 1. The first-order valence-electron chi connectivity index (χ1n) is 5.80. The van der Waals surface area contributed by atoms with E-state index in [2.05, 4.69) is 0 Å². The van der Waals surface area contributed by atoms with Gasteiger partial charge in [-0.1, -0.05) is 25.1 Å². The fourth-order valence-electron chi connectivity index (χ4n) is 2.32. The Labute approximate surface area is 101 Å². The first-order valence-corrected chi connectivity index (χ1v) is 5.80. The zero-order valence-electron chi connectivity index (χ0n) is 10.1. The van der Waals surface area contributed by atoms with Gasteiger partial charge in [0, 0.05) is 12.1 Å². The van der Waals surface area contributed by atoms with Crippen molar-refractivity contribution in [2.75, 3.05) is 18.6 Å². The van der Waals surface area contributed by atoms with Crippen molar-refractivity contribution in [3.63, 3.8) is 0 Å². The van der Waals surface area contributed by atoms with Gasteiger partial charge in [0.1, 0.15) is 0 Å². The number of nitrogens with zero attached hydrogens (tertiary/aromatic N) is 1. The minimum atomic E-state index is -0.832. The van der Waals surface area contributed by atoms with Crippen LogP contribution in [0.1, 0.15) is 25.3 Å². The quantitative estimate of drug-likeness (QED) is 0.812. The highest BCUT2D eigenvalue weighted by atomic mass is 16.5. The smallest absolute Gasteiger partial charge is 0.414 e. The molecule has 1 aromatic carbocycles. The van der Waals surface area contributed by atoms with Gasteiger partial charge >= 0.3 is 6.09 Å². The van der Waals surface area contributed by atoms with Crippen molar-refractivity contribution in [3.05, 3.63) is 29.8 Å². The highest BCUT2D eigenvalue weighted by molar-refractivity contribution is 5.89. The third kappa shape index (κ3) is 1.89. The van der Waals surface area contributed by atoms with E-state index in [4.69, 9.17) is 4.74 Å². The van der Waals surface area contributed by atoms with E-state index in [9.17, 15) is 9.90 Å². The lowest BCUT2D eigenvalue weighted by Crippen LogP contribution is -2.43. The largest absolute Gasteiger partial charge is 0.452 e. The summed E-state index contributed by atoms with van der Waals surface area (Å²) in [5.41, 5.74) is 0.718. The predicted octanol–water partition coefficient (Wildman–Crippen LogP) is 2.26. The van der Waals surface area contributed by atoms with Gasteiger partial charge in [0.05, 0.1) is 18.4 Å². The maximum Gasteiger partial charge on any atom is 0.414 e. The average molecular weight is 235 g/mol. The normalized spacial score (nSPS) is 23.1. The summed E-state index contributed by atoms with van der Waals surface area (Å²) in [4.78, 5) is 13.2. The van der Waals surface area contributed by atoms with E-state index in [-0.39, 0.29) is 6.09 Å². The van der Waals surface area contributed by atoms with Crippen LogP contribution in [0.4, 0.5) is 10.5 Å². The molecular formula is C13H17NO3. The summed E-state index contributed by atoms with van der Waals surface area (Å²) in [6.07, 6.45) is 0.796. The molecule has 2 rings (SSSR count). The van der Waals surface area contributed by atoms with Crippen molar-refractivity contribution in [1.82, 2.24) is 0 Å². The van der Waals surface area contributed by atoms with E-state index < -0.39 is 5.60 Å². The molecule has 0 radical (unpaired) electrons. The Kier molecular flexibility index (Phi) is 3.07. The molecule has 1 amide bonds. The number of hydrogen-bond donors (Lipinski definition) is 1. The van der Waals surface area contributed by atoms with Crippen molar-refractivity contribution in [2.24, 2.45) is 0 Å². The summed E-state index contributed by atoms with van der Waals surface area (Å²) in [6.45, 7) is 2.43. The first-order chi connectivity index (χ1) is 8.12. The van der Waals surface area contributed by atoms with Gasteiger partial charge in [0.2, 0.25) is 0 Å². The molecule has 1 heterocycles. The number of para-hydroxylation sites is 1. The summed E-state index contributed by atoms with van der Waals surface area (Å²) in [6, 6.07) is 7.44. The van der Waals surface area contributed by atoms with E-state index in [1.54, 1.807) is 4.90 Å². The molecule has 0 bridgehead atoms. The molecule has 17 heavy (non-hydrogen) atoms. The number of rotatable bonds is 1. The second kappa shape index (κ2) is 4.37. The molecule has 92 valence electrons. The predicted molar refractivity (Wildman–Crippen MR) is 65.0 cm³/mol. The monoisotopic (exact) mass is 235 g/mol. The summed E-state index contributed by atoms with van der Waals surface area (Å²) in [7, 11) is 1.37. The highest BCUT2D eigenvalue weighted by Gasteiger charge is 2.37. The number of benzene rings is 1. The molecule has 1 aliphatic rings. The lowest BCUT2D eigenvalue weighted by molar-refractivity contribution is 0.0214. The molecule has 0 fully saturated rings. The Bertz CT molecular complexity index is 432. The highest BCUT2D eigenvalue weighted by Crippen LogP contribution is 2.40. The van der Waals surface area contributed by atoms with Gasteiger partial charge in [-0.25, -0.2) is 4.79 Å². The van der Waals surface area contributed by atoms with Crippen LogP contribution in [-0.4, -0.2) is 24.9 Å². The Morgan fingerprint density at radius 1 is 1.53 bits per heavy atom. The number of methoxy groups -OCH3 is 1. The van der Waals surface area contributed by atoms with Crippen LogP contribution in [0.25, 0.3) is 0 Å². The van der Waals surface area contributed by atoms with Crippen molar-refractivity contribution in [2.45, 2.75) is 25.4 Å². The molecule has 1 atom stereocenters. The molecule has 0 saturated carbocycles. The van der Waals surface area contributed by atoms with Crippen LogP contribution in [-0.2, 0) is 10.3 Å². The fourth-order valence-corrected chi connectivity index (χ4v) is 2.32. The minimum absolute atomic E-state index is 0.379. The molecule has 0 aromatic heterocycles. The van der Waals surface area contributed by atoms with Gasteiger partial charge in [-0.15, -0.1) is 0 Å². The third-order valence-corrected chi connectivity index (χ3v) is 3.43. The van der Waals surface area contributed by atoms with Gasteiger partial charge < -0.3 is 9.84 Å². The number of ether oxygens (including phenoxy) is 1. The Balaban J connectivity index is 2.47. The maximum absolute atomic E-state index is 11.7. The Morgan fingerprint density at radius 2 is 2.24 bits per heavy atom. The molecule has 4 nitrogen and oxygen atoms in total. The molecule has 0 spiro atoms. The van der Waals surface area contributed by atoms with Crippen LogP contribution < -0.4 is 4.90 Å². The second-order valence-corrected chi connectivity index (χ2v) is 4.27. The van der Waals surface area contributed by atoms with Crippen LogP contribution in [0, 0.1) is 0 Å². The molecule has 1 N–H and O–H groups in total. The summed E-state index contributed by atoms with van der Waals surface area (Å²) < 4.78 is 4.75. The number of anilines is 1. The standard InChI is InChI=1S/C13H17NO3/c1-3-13(16)8-9-14(12(15)17-2)11-7-5-4-6-10(11)13/h4-7,16H,3,8-9H2,1-2H3. The van der Waals surface area contributed by atoms with Crippen molar-refractivity contribution < 1.29 is 14.6 Å². The summed E-state index contributed by atoms with van der Waals surface area (Å²) >= 11 is 0. The van der Waals surface area contributed by atoms with Crippen LogP contribution in [0.15, 0.2) is 24.3 Å². The summed E-state index contributed by atoms with van der Waals surface area (Å²) in [5, 5.41) is 10.5. The minimum Gasteiger partial charge on any atom is -0.452 e. The van der Waals surface area contributed by atoms with E-state index in [1.165, 1.54) is 7.11 Å². The SMILES string of the molecule is CCC1(O)CCN(C(=O)OC)c2ccccc21. The zero-order valence-corrected chi connectivity index (χ0v) is 10.1. The fraction of sp³-hybridized carbons (Fsp3) is 0.462. The van der Waals surface area contributed by atoms with E-state index in [1.807, 2.05) is 31.2 Å². The van der Waals surface area contributed by atoms with Gasteiger partial charge in [0.25, 0.3) is 0 Å². The van der Waals surface area contributed by atoms with Crippen LogP contribution in [0.2, 0.25) is 0 Å². The molecule has 4 heteroatoms. The van der Waals surface area contributed by atoms with E-state index in [0.29, 0.717) is 19.4 Å². The summed E-state index contributed by atoms with van der Waals surface area (Å²) in [5.74, 6) is 0. The topological polar surface area (TPSA) is 49.8 Å². The van der Waals surface area contributed by atoms with Crippen molar-refractivity contribution in [1.29, 1.82) is 0 Å². The van der Waals surface area contributed by atoms with Gasteiger partial charge in [-0.05, 0) is 18.9 Å². The molecule has 1 unspecified atom stereocenters. The maximum atomic E-state index is 11.7. The zero-order chi connectivity index (χ0) is 12.5. The number of hydrogen-bond acceptors (Lipinski definition) is 3. The number of fused-ring (bicyclic) bond motifs is 1. The lowest BCUT2D eigenvalue weighted by Gasteiger charge is -2.38. The first kappa shape index (κ1) is 11.9. The Morgan fingerprint density at radius 3 is 2.88 bits per heavy atom. The van der Waals surface area contributed by atoms with Crippen LogP contribution in [0.5, 0.6) is 0 Å². The van der Waals surface area contributed by atoms with Crippen molar-refractivity contribution in [3.8, 4) is 0 Å². The van der Waals surface area contributed by atoms with Gasteiger partial charge in [-0.3, -0.25) is 4.90 Å². The Hall–Kier alpha value is -1.55. The van der Waals surface area contributed by atoms with E-state index in [0.717, 1.165) is 11.3 Å². The number of amides is 1. The molecule has 1 aromatic rings. The molecule has 0 aliphatic carbocycles. The average Bonchev–Trinajstić information content (AvgIpc) is 2.39. The molecular weight excluding hydrogens is 218 g/mol. The third-order valence-electron chi connectivity index (χ3n) is 3.43. The number of carbonyl (C=O) groups excluding carboxylic acids is 1. The van der Waals surface area contributed by atoms with E-state index >= 15 is 0 Å². The second-order valence-electron chi connectivity index (χ2n) is 4.27. The van der Waals surface area contributed by atoms with Crippen LogP contribution >= 0.6 is 0 Å². The van der Waals surface area contributed by atoms with Crippen LogP contribution in [0.3, 0.4) is 0 Å². The molecule has 0 saturated heterocycles. The van der Waals surface area contributed by atoms with Crippen molar-refractivity contribution >= 4 is 11.8 Å². The van der Waals surface area contributed by atoms with Gasteiger partial charge in [0.15, 0.2) is 0 Å². The van der Waals surface area contributed by atoms with Gasteiger partial charge in [-0.2, -0.15) is 0 Å². The lowest BCUT2D eigenvalue weighted by atomic mass is 9.83.